The van der Waals surface area contributed by atoms with E-state index in [-0.39, 0.29) is 21.5 Å². The third-order valence-electron chi connectivity index (χ3n) is 4.31. The number of benzene rings is 2. The Morgan fingerprint density at radius 2 is 1.97 bits per heavy atom. The number of hydrogen-bond acceptors (Lipinski definition) is 5. The molecule has 0 bridgehead atoms. The Bertz CT molecular complexity index is 1110. The predicted octanol–water partition coefficient (Wildman–Crippen LogP) is 3.25. The van der Waals surface area contributed by atoms with Crippen molar-refractivity contribution in [3.8, 4) is 5.75 Å². The molecule has 9 heteroatoms. The van der Waals surface area contributed by atoms with E-state index >= 15 is 0 Å². The molecule has 3 rings (SSSR count). The van der Waals surface area contributed by atoms with Crippen LogP contribution in [-0.2, 0) is 14.4 Å². The van der Waals surface area contributed by atoms with Gasteiger partial charge < -0.3 is 9.84 Å². The van der Waals surface area contributed by atoms with Crippen LogP contribution in [0.4, 0.5) is 5.69 Å². The van der Waals surface area contributed by atoms with Gasteiger partial charge in [-0.1, -0.05) is 35.4 Å². The van der Waals surface area contributed by atoms with Gasteiger partial charge in [0.05, 0.1) is 10.7 Å². The zero-order valence-electron chi connectivity index (χ0n) is 16.1. The van der Waals surface area contributed by atoms with Crippen LogP contribution in [0.2, 0.25) is 5.02 Å². The molecule has 0 unspecified atom stereocenters. The number of aryl methyl sites for hydroxylation is 2. The fourth-order valence-corrected chi connectivity index (χ4v) is 3.48. The van der Waals surface area contributed by atoms with Gasteiger partial charge in [0.15, 0.2) is 11.7 Å². The summed E-state index contributed by atoms with van der Waals surface area (Å²) in [5.41, 5.74) is 2.81. The van der Waals surface area contributed by atoms with Crippen molar-refractivity contribution in [2.75, 3.05) is 11.5 Å². The molecule has 0 saturated carbocycles. The standard InChI is InChI=1S/C21H17ClN2O5S/c1-11-3-5-16(12(2)7-11)24-20(28)14(19(27)23-21(24)30)8-13-4-6-17(15(22)9-13)29-10-18(25)26/h3-9H,10H2,1-2H3,(H,25,26)(H,23,27,30). The van der Waals surface area contributed by atoms with Gasteiger partial charge >= 0.3 is 5.97 Å². The van der Waals surface area contributed by atoms with Crippen molar-refractivity contribution >= 4 is 58.5 Å². The Hall–Kier alpha value is -3.23. The van der Waals surface area contributed by atoms with E-state index in [1.54, 1.807) is 12.1 Å². The number of nitrogens with one attached hydrogen (secondary N) is 1. The van der Waals surface area contributed by atoms with E-state index in [9.17, 15) is 14.4 Å². The number of rotatable bonds is 5. The summed E-state index contributed by atoms with van der Waals surface area (Å²) >= 11 is 11.3. The highest BCUT2D eigenvalue weighted by Crippen LogP contribution is 2.29. The van der Waals surface area contributed by atoms with Gasteiger partial charge in [-0.05, 0) is 61.5 Å². The quantitative estimate of drug-likeness (QED) is 0.417. The summed E-state index contributed by atoms with van der Waals surface area (Å²) in [5, 5.41) is 11.4. The molecular formula is C21H17ClN2O5S. The first-order valence-corrected chi connectivity index (χ1v) is 9.59. The summed E-state index contributed by atoms with van der Waals surface area (Å²) in [6, 6.07) is 10.0. The van der Waals surface area contributed by atoms with Crippen molar-refractivity contribution in [1.29, 1.82) is 0 Å². The number of carboxylic acids is 1. The van der Waals surface area contributed by atoms with Crippen molar-refractivity contribution in [1.82, 2.24) is 5.32 Å². The minimum absolute atomic E-state index is 0.00422. The molecule has 2 N–H and O–H groups in total. The Kier molecular flexibility index (Phi) is 6.19. The van der Waals surface area contributed by atoms with Crippen LogP contribution in [-0.4, -0.2) is 34.6 Å². The van der Waals surface area contributed by atoms with E-state index in [2.05, 4.69) is 5.32 Å². The molecule has 0 aliphatic carbocycles. The van der Waals surface area contributed by atoms with Crippen molar-refractivity contribution in [3.63, 3.8) is 0 Å². The highest BCUT2D eigenvalue weighted by Gasteiger charge is 2.35. The van der Waals surface area contributed by atoms with Crippen molar-refractivity contribution in [2.24, 2.45) is 0 Å². The van der Waals surface area contributed by atoms with Gasteiger partial charge in [-0.15, -0.1) is 0 Å². The summed E-state index contributed by atoms with van der Waals surface area (Å²) < 4.78 is 5.07. The van der Waals surface area contributed by atoms with Gasteiger partial charge in [0.25, 0.3) is 11.8 Å². The van der Waals surface area contributed by atoms with Crippen LogP contribution >= 0.6 is 23.8 Å². The lowest BCUT2D eigenvalue weighted by Crippen LogP contribution is -2.54. The van der Waals surface area contributed by atoms with E-state index < -0.39 is 24.4 Å². The van der Waals surface area contributed by atoms with Gasteiger partial charge in [0.2, 0.25) is 0 Å². The lowest BCUT2D eigenvalue weighted by atomic mass is 10.0. The Labute approximate surface area is 182 Å². The topological polar surface area (TPSA) is 95.9 Å². The first-order valence-electron chi connectivity index (χ1n) is 8.80. The number of ether oxygens (including phenoxy) is 1. The summed E-state index contributed by atoms with van der Waals surface area (Å²) in [5.74, 6) is -2.13. The summed E-state index contributed by atoms with van der Waals surface area (Å²) in [6.45, 7) is 3.25. The fourth-order valence-electron chi connectivity index (χ4n) is 2.96. The summed E-state index contributed by atoms with van der Waals surface area (Å²) in [7, 11) is 0. The van der Waals surface area contributed by atoms with Gasteiger partial charge in [-0.3, -0.25) is 19.8 Å². The average Bonchev–Trinajstić information content (AvgIpc) is 2.66. The third kappa shape index (κ3) is 4.50. The van der Waals surface area contributed by atoms with E-state index in [0.29, 0.717) is 11.3 Å². The highest BCUT2D eigenvalue weighted by molar-refractivity contribution is 7.80. The second-order valence-electron chi connectivity index (χ2n) is 6.62. The largest absolute Gasteiger partial charge is 0.480 e. The first kappa shape index (κ1) is 21.5. The lowest BCUT2D eigenvalue weighted by molar-refractivity contribution is -0.139. The van der Waals surface area contributed by atoms with Crippen LogP contribution in [0.5, 0.6) is 5.75 Å². The summed E-state index contributed by atoms with van der Waals surface area (Å²) in [4.78, 5) is 37.4. The molecule has 0 spiro atoms. The zero-order valence-corrected chi connectivity index (χ0v) is 17.6. The Morgan fingerprint density at radius 1 is 1.23 bits per heavy atom. The number of halogens is 1. The second-order valence-corrected chi connectivity index (χ2v) is 7.41. The molecule has 7 nitrogen and oxygen atoms in total. The molecule has 1 heterocycles. The molecule has 0 radical (unpaired) electrons. The average molecular weight is 445 g/mol. The SMILES string of the molecule is Cc1ccc(N2C(=O)C(=Cc3ccc(OCC(=O)O)c(Cl)c3)C(=O)NC2=S)c(C)c1. The van der Waals surface area contributed by atoms with Crippen LogP contribution in [0.1, 0.15) is 16.7 Å². The molecule has 30 heavy (non-hydrogen) atoms. The monoisotopic (exact) mass is 444 g/mol. The lowest BCUT2D eigenvalue weighted by Gasteiger charge is -2.30. The number of nitrogens with zero attached hydrogens (tertiary/aromatic N) is 1. The van der Waals surface area contributed by atoms with Crippen LogP contribution in [0.15, 0.2) is 42.0 Å². The molecule has 0 aromatic heterocycles. The van der Waals surface area contributed by atoms with Crippen molar-refractivity contribution in [2.45, 2.75) is 13.8 Å². The number of carbonyl (C=O) groups excluding carboxylic acids is 2. The van der Waals surface area contributed by atoms with E-state index in [1.165, 1.54) is 23.1 Å². The number of hydrogen-bond donors (Lipinski definition) is 2. The molecule has 2 aromatic rings. The Morgan fingerprint density at radius 3 is 2.60 bits per heavy atom. The molecule has 1 saturated heterocycles. The maximum atomic E-state index is 13.1. The van der Waals surface area contributed by atoms with E-state index in [4.69, 9.17) is 33.7 Å². The number of carboxylic acid groups (broad SMARTS) is 1. The molecule has 1 aliphatic heterocycles. The van der Waals surface area contributed by atoms with Gasteiger partial charge in [0, 0.05) is 0 Å². The number of anilines is 1. The molecule has 2 amide bonds. The number of aliphatic carboxylic acids is 1. The smallest absolute Gasteiger partial charge is 0.341 e. The minimum atomic E-state index is -1.14. The maximum Gasteiger partial charge on any atom is 0.341 e. The van der Waals surface area contributed by atoms with Crippen LogP contribution in [0, 0.1) is 13.8 Å². The third-order valence-corrected chi connectivity index (χ3v) is 4.89. The van der Waals surface area contributed by atoms with Crippen LogP contribution in [0.25, 0.3) is 6.08 Å². The van der Waals surface area contributed by atoms with E-state index in [0.717, 1.165) is 11.1 Å². The maximum absolute atomic E-state index is 13.1. The van der Waals surface area contributed by atoms with E-state index in [1.807, 2.05) is 26.0 Å². The van der Waals surface area contributed by atoms with Crippen LogP contribution in [0.3, 0.4) is 0 Å². The Balaban J connectivity index is 1.94. The number of amides is 2. The molecule has 0 atom stereocenters. The molecule has 154 valence electrons. The molecule has 1 fully saturated rings. The van der Waals surface area contributed by atoms with Crippen LogP contribution < -0.4 is 15.0 Å². The zero-order chi connectivity index (χ0) is 22.0. The molecule has 1 aliphatic rings. The van der Waals surface area contributed by atoms with Crippen molar-refractivity contribution in [3.05, 3.63) is 63.7 Å². The van der Waals surface area contributed by atoms with Gasteiger partial charge in [0.1, 0.15) is 11.3 Å². The minimum Gasteiger partial charge on any atom is -0.480 e. The number of thiocarbonyl (C=S) groups is 1. The van der Waals surface area contributed by atoms with Crippen molar-refractivity contribution < 1.29 is 24.2 Å². The number of carbonyl (C=O) groups is 3. The fraction of sp³-hybridized carbons (Fsp3) is 0.143. The normalized spacial score (nSPS) is 15.4. The molecular weight excluding hydrogens is 428 g/mol. The highest BCUT2D eigenvalue weighted by atomic mass is 35.5. The van der Waals surface area contributed by atoms with Gasteiger partial charge in [-0.2, -0.15) is 0 Å². The molecule has 2 aromatic carbocycles. The predicted molar refractivity (Wildman–Crippen MR) is 117 cm³/mol. The first-order chi connectivity index (χ1) is 14.2. The van der Waals surface area contributed by atoms with Gasteiger partial charge in [-0.25, -0.2) is 4.79 Å². The summed E-state index contributed by atoms with van der Waals surface area (Å²) in [6.07, 6.45) is 1.39. The second kappa shape index (κ2) is 8.64.